The first-order valence-electron chi connectivity index (χ1n) is 5.86. The highest BCUT2D eigenvalue weighted by Crippen LogP contribution is 2.26. The van der Waals surface area contributed by atoms with Crippen LogP contribution in [0.3, 0.4) is 0 Å². The van der Waals surface area contributed by atoms with Gasteiger partial charge in [0.05, 0.1) is 6.61 Å². The molecule has 1 fully saturated rings. The summed E-state index contributed by atoms with van der Waals surface area (Å²) in [6.07, 6.45) is 0.937. The molecule has 18 heavy (non-hydrogen) atoms. The van der Waals surface area contributed by atoms with Crippen LogP contribution in [0.25, 0.3) is 11.7 Å². The van der Waals surface area contributed by atoms with Crippen LogP contribution in [0.2, 0.25) is 0 Å². The van der Waals surface area contributed by atoms with E-state index in [1.54, 1.807) is 13.2 Å². The Hall–Kier alpha value is -1.66. The van der Waals surface area contributed by atoms with Gasteiger partial charge in [0.15, 0.2) is 11.6 Å². The molecule has 0 bridgehead atoms. The van der Waals surface area contributed by atoms with Gasteiger partial charge in [0, 0.05) is 19.6 Å². The molecule has 3 heterocycles. The van der Waals surface area contributed by atoms with Crippen LogP contribution in [-0.2, 0) is 16.1 Å². The lowest BCUT2D eigenvalue weighted by molar-refractivity contribution is 0.164. The maximum Gasteiger partial charge on any atom is 0.293 e. The average Bonchev–Trinajstić information content (AvgIpc) is 3.10. The van der Waals surface area contributed by atoms with Crippen LogP contribution in [0.5, 0.6) is 0 Å². The van der Waals surface area contributed by atoms with E-state index in [1.807, 2.05) is 6.07 Å². The molecule has 6 heteroatoms. The van der Waals surface area contributed by atoms with Crippen LogP contribution in [0, 0.1) is 0 Å². The van der Waals surface area contributed by atoms with Gasteiger partial charge in [-0.15, -0.1) is 0 Å². The number of hydrogen-bond acceptors (Lipinski definition) is 6. The Morgan fingerprint density at radius 2 is 2.39 bits per heavy atom. The molecule has 2 aromatic heterocycles. The minimum atomic E-state index is 0.232. The summed E-state index contributed by atoms with van der Waals surface area (Å²) in [5.41, 5.74) is 0. The van der Waals surface area contributed by atoms with E-state index in [4.69, 9.17) is 18.4 Å². The third-order valence-electron chi connectivity index (χ3n) is 2.90. The Bertz CT molecular complexity index is 514. The number of ether oxygens (including phenoxy) is 2. The molecular formula is C12H14N2O4. The van der Waals surface area contributed by atoms with Crippen LogP contribution >= 0.6 is 0 Å². The quantitative estimate of drug-likeness (QED) is 0.826. The average molecular weight is 250 g/mol. The van der Waals surface area contributed by atoms with E-state index in [0.29, 0.717) is 30.7 Å². The number of nitrogens with zero attached hydrogens (tertiary/aromatic N) is 2. The van der Waals surface area contributed by atoms with Crippen LogP contribution < -0.4 is 0 Å². The summed E-state index contributed by atoms with van der Waals surface area (Å²) in [4.78, 5) is 4.34. The van der Waals surface area contributed by atoms with Crippen molar-refractivity contribution in [1.29, 1.82) is 0 Å². The molecule has 96 valence electrons. The third kappa shape index (κ3) is 2.16. The topological polar surface area (TPSA) is 70.5 Å². The second-order valence-electron chi connectivity index (χ2n) is 4.22. The van der Waals surface area contributed by atoms with Crippen LogP contribution in [0.15, 0.2) is 21.1 Å². The number of rotatable bonds is 4. The first kappa shape index (κ1) is 11.4. The van der Waals surface area contributed by atoms with Crippen molar-refractivity contribution in [2.24, 2.45) is 0 Å². The molecule has 0 radical (unpaired) electrons. The van der Waals surface area contributed by atoms with E-state index in [2.05, 4.69) is 10.1 Å². The van der Waals surface area contributed by atoms with Crippen molar-refractivity contribution < 1.29 is 18.4 Å². The molecule has 0 amide bonds. The molecule has 6 nitrogen and oxygen atoms in total. The van der Waals surface area contributed by atoms with Gasteiger partial charge in [0.25, 0.3) is 5.89 Å². The molecule has 2 aromatic rings. The van der Waals surface area contributed by atoms with Crippen molar-refractivity contribution in [1.82, 2.24) is 10.1 Å². The summed E-state index contributed by atoms with van der Waals surface area (Å²) in [5.74, 6) is 2.62. The van der Waals surface area contributed by atoms with Crippen molar-refractivity contribution in [3.05, 3.63) is 23.7 Å². The highest BCUT2D eigenvalue weighted by molar-refractivity contribution is 5.44. The SMILES string of the molecule is COCc1ccc(-c2nc(C3CCOC3)no2)o1. The van der Waals surface area contributed by atoms with E-state index in [9.17, 15) is 0 Å². The predicted molar refractivity (Wildman–Crippen MR) is 60.9 cm³/mol. The first-order chi connectivity index (χ1) is 8.86. The largest absolute Gasteiger partial charge is 0.453 e. The number of methoxy groups -OCH3 is 1. The zero-order valence-corrected chi connectivity index (χ0v) is 10.1. The number of furan rings is 1. The zero-order valence-electron chi connectivity index (χ0n) is 10.1. The minimum Gasteiger partial charge on any atom is -0.453 e. The van der Waals surface area contributed by atoms with Crippen LogP contribution in [0.4, 0.5) is 0 Å². The van der Waals surface area contributed by atoms with Gasteiger partial charge in [-0.05, 0) is 18.6 Å². The molecular weight excluding hydrogens is 236 g/mol. The zero-order chi connectivity index (χ0) is 12.4. The Balaban J connectivity index is 1.78. The fourth-order valence-electron chi connectivity index (χ4n) is 1.95. The number of aromatic nitrogens is 2. The third-order valence-corrected chi connectivity index (χ3v) is 2.90. The summed E-state index contributed by atoms with van der Waals surface area (Å²) in [6.45, 7) is 1.84. The summed E-state index contributed by atoms with van der Waals surface area (Å²) >= 11 is 0. The normalized spacial score (nSPS) is 19.5. The molecule has 1 saturated heterocycles. The predicted octanol–water partition coefficient (Wildman–Crippen LogP) is 1.98. The van der Waals surface area contributed by atoms with Gasteiger partial charge in [-0.25, -0.2) is 0 Å². The van der Waals surface area contributed by atoms with Gasteiger partial charge in [-0.3, -0.25) is 0 Å². The van der Waals surface area contributed by atoms with Gasteiger partial charge >= 0.3 is 0 Å². The minimum absolute atomic E-state index is 0.232. The van der Waals surface area contributed by atoms with Gasteiger partial charge < -0.3 is 18.4 Å². The van der Waals surface area contributed by atoms with Crippen molar-refractivity contribution in [3.8, 4) is 11.7 Å². The van der Waals surface area contributed by atoms with E-state index >= 15 is 0 Å². The molecule has 0 spiro atoms. The molecule has 1 atom stereocenters. The lowest BCUT2D eigenvalue weighted by Gasteiger charge is -1.97. The molecule has 3 rings (SSSR count). The van der Waals surface area contributed by atoms with Gasteiger partial charge in [0.1, 0.15) is 12.4 Å². The second-order valence-corrected chi connectivity index (χ2v) is 4.22. The van der Waals surface area contributed by atoms with Gasteiger partial charge in [0.2, 0.25) is 0 Å². The molecule has 0 N–H and O–H groups in total. The smallest absolute Gasteiger partial charge is 0.293 e. The highest BCUT2D eigenvalue weighted by atomic mass is 16.5. The Morgan fingerprint density at radius 1 is 1.44 bits per heavy atom. The summed E-state index contributed by atoms with van der Waals surface area (Å²) < 4.78 is 21.0. The maximum absolute atomic E-state index is 5.53. The molecule has 0 saturated carbocycles. The van der Waals surface area contributed by atoms with Gasteiger partial charge in [-0.1, -0.05) is 5.16 Å². The summed E-state index contributed by atoms with van der Waals surface area (Å²) in [6, 6.07) is 3.64. The molecule has 0 aromatic carbocycles. The standard InChI is InChI=1S/C12H14N2O4/c1-15-7-9-2-3-10(17-9)12-13-11(14-18-12)8-4-5-16-6-8/h2-3,8H,4-7H2,1H3. The maximum atomic E-state index is 5.53. The van der Waals surface area contributed by atoms with E-state index in [0.717, 1.165) is 18.8 Å². The van der Waals surface area contributed by atoms with Crippen LogP contribution in [0.1, 0.15) is 23.9 Å². The molecule has 1 aliphatic rings. The van der Waals surface area contributed by atoms with Crippen LogP contribution in [-0.4, -0.2) is 30.5 Å². The monoisotopic (exact) mass is 250 g/mol. The van der Waals surface area contributed by atoms with E-state index in [-0.39, 0.29) is 5.92 Å². The first-order valence-corrected chi connectivity index (χ1v) is 5.86. The summed E-state index contributed by atoms with van der Waals surface area (Å²) in [5, 5.41) is 3.97. The Labute approximate surface area is 104 Å². The fourth-order valence-corrected chi connectivity index (χ4v) is 1.95. The van der Waals surface area contributed by atoms with Crippen molar-refractivity contribution in [2.45, 2.75) is 18.9 Å². The highest BCUT2D eigenvalue weighted by Gasteiger charge is 2.24. The van der Waals surface area contributed by atoms with E-state index in [1.165, 1.54) is 0 Å². The molecule has 0 aliphatic carbocycles. The van der Waals surface area contributed by atoms with Crippen molar-refractivity contribution >= 4 is 0 Å². The Kier molecular flexibility index (Phi) is 3.12. The van der Waals surface area contributed by atoms with Crippen molar-refractivity contribution in [2.75, 3.05) is 20.3 Å². The lowest BCUT2D eigenvalue weighted by Crippen LogP contribution is -1.99. The van der Waals surface area contributed by atoms with Gasteiger partial charge in [-0.2, -0.15) is 4.98 Å². The second kappa shape index (κ2) is 4.91. The molecule has 1 aliphatic heterocycles. The summed E-state index contributed by atoms with van der Waals surface area (Å²) in [7, 11) is 1.62. The van der Waals surface area contributed by atoms with Crippen molar-refractivity contribution in [3.63, 3.8) is 0 Å². The Morgan fingerprint density at radius 3 is 3.17 bits per heavy atom. The van der Waals surface area contributed by atoms with E-state index < -0.39 is 0 Å². The lowest BCUT2D eigenvalue weighted by atomic mass is 10.1. The fraction of sp³-hybridized carbons (Fsp3) is 0.500. The number of hydrogen-bond donors (Lipinski definition) is 0. The molecule has 1 unspecified atom stereocenters.